The molecule has 1 aliphatic heterocycles. The number of rotatable bonds is 2. The van der Waals surface area contributed by atoms with Crippen molar-refractivity contribution in [3.8, 4) is 11.1 Å². The summed E-state index contributed by atoms with van der Waals surface area (Å²) in [6.07, 6.45) is 10.1. The first-order valence-corrected chi connectivity index (χ1v) is 7.89. The molecule has 1 aliphatic rings. The van der Waals surface area contributed by atoms with E-state index in [0.29, 0.717) is 6.04 Å². The van der Waals surface area contributed by atoms with Crippen LogP contribution >= 0.6 is 0 Å². The van der Waals surface area contributed by atoms with Gasteiger partial charge in [-0.1, -0.05) is 30.3 Å². The molecule has 2 heteroatoms. The Hall–Kier alpha value is -2.87. The quantitative estimate of drug-likeness (QED) is 0.735. The van der Waals surface area contributed by atoms with Gasteiger partial charge in [-0.05, 0) is 76.5 Å². The third-order valence-electron chi connectivity index (χ3n) is 4.24. The van der Waals surface area contributed by atoms with Crippen LogP contribution in [-0.4, -0.2) is 11.0 Å². The normalized spacial score (nSPS) is 16.9. The summed E-state index contributed by atoms with van der Waals surface area (Å²) in [5, 5.41) is 5.81. The molecule has 0 fully saturated rings. The van der Waals surface area contributed by atoms with Crippen molar-refractivity contribution in [2.45, 2.75) is 13.0 Å². The fourth-order valence-corrected chi connectivity index (χ4v) is 3.00. The second kappa shape index (κ2) is 5.73. The Bertz CT molecular complexity index is 908. The second-order valence-electron chi connectivity index (χ2n) is 5.92. The zero-order valence-corrected chi connectivity index (χ0v) is 13.0. The number of aromatic nitrogens is 1. The van der Waals surface area contributed by atoms with Gasteiger partial charge in [0.2, 0.25) is 0 Å². The van der Waals surface area contributed by atoms with Crippen molar-refractivity contribution in [3.63, 3.8) is 0 Å². The first-order valence-electron chi connectivity index (χ1n) is 7.89. The van der Waals surface area contributed by atoms with Crippen LogP contribution < -0.4 is 5.32 Å². The molecule has 0 spiro atoms. The molecular weight excluding hydrogens is 280 g/mol. The lowest BCUT2D eigenvalue weighted by Gasteiger charge is -2.15. The summed E-state index contributed by atoms with van der Waals surface area (Å²) in [5.74, 6) is 0. The van der Waals surface area contributed by atoms with Gasteiger partial charge in [-0.25, -0.2) is 0 Å². The van der Waals surface area contributed by atoms with Gasteiger partial charge in [0, 0.05) is 18.4 Å². The van der Waals surface area contributed by atoms with E-state index in [4.69, 9.17) is 0 Å². The Kier molecular flexibility index (Phi) is 3.43. The minimum atomic E-state index is 0.375. The lowest BCUT2D eigenvalue weighted by molar-refractivity contribution is 0.764. The maximum Gasteiger partial charge on any atom is 0.0419 e. The minimum Gasteiger partial charge on any atom is -0.385 e. The number of benzene rings is 2. The Morgan fingerprint density at radius 2 is 1.52 bits per heavy atom. The van der Waals surface area contributed by atoms with Crippen LogP contribution in [0, 0.1) is 0 Å². The highest BCUT2D eigenvalue weighted by atomic mass is 14.9. The van der Waals surface area contributed by atoms with E-state index in [1.807, 2.05) is 30.7 Å². The van der Waals surface area contributed by atoms with Crippen molar-refractivity contribution in [2.75, 3.05) is 0 Å². The van der Waals surface area contributed by atoms with Crippen molar-refractivity contribution >= 4 is 16.3 Å². The van der Waals surface area contributed by atoms with Crippen LogP contribution in [0.3, 0.4) is 0 Å². The number of dihydropyridines is 1. The van der Waals surface area contributed by atoms with Crippen LogP contribution in [0.1, 0.15) is 12.5 Å². The van der Waals surface area contributed by atoms with Gasteiger partial charge >= 0.3 is 0 Å². The molecule has 1 aromatic heterocycles. The summed E-state index contributed by atoms with van der Waals surface area (Å²) in [6.45, 7) is 2.16. The van der Waals surface area contributed by atoms with Crippen molar-refractivity contribution in [1.82, 2.24) is 10.3 Å². The summed E-state index contributed by atoms with van der Waals surface area (Å²) in [4.78, 5) is 4.08. The lowest BCUT2D eigenvalue weighted by atomic mass is 9.96. The summed E-state index contributed by atoms with van der Waals surface area (Å²) in [6, 6.07) is 17.7. The van der Waals surface area contributed by atoms with Gasteiger partial charge in [0.25, 0.3) is 0 Å². The standard InChI is InChI=1S/C21H18N2/c1-15-12-21(8-11-23-15)20-5-4-18-13-17(2-3-19(18)14-20)16-6-9-22-10-7-16/h2-15,23H,1H3. The van der Waals surface area contributed by atoms with Crippen LogP contribution in [-0.2, 0) is 0 Å². The number of allylic oxidation sites excluding steroid dienone is 2. The molecule has 2 heterocycles. The third kappa shape index (κ3) is 2.76. The van der Waals surface area contributed by atoms with Crippen LogP contribution in [0.5, 0.6) is 0 Å². The van der Waals surface area contributed by atoms with Gasteiger partial charge in [0.1, 0.15) is 0 Å². The summed E-state index contributed by atoms with van der Waals surface area (Å²) in [7, 11) is 0. The van der Waals surface area contributed by atoms with Crippen molar-refractivity contribution in [2.24, 2.45) is 0 Å². The molecule has 0 aliphatic carbocycles. The predicted molar refractivity (Wildman–Crippen MR) is 96.9 cm³/mol. The van der Waals surface area contributed by atoms with Gasteiger partial charge in [-0.3, -0.25) is 4.98 Å². The number of nitrogens with one attached hydrogen (secondary N) is 1. The highest BCUT2D eigenvalue weighted by molar-refractivity contribution is 5.91. The molecule has 1 unspecified atom stereocenters. The number of pyridine rings is 1. The molecule has 0 amide bonds. The van der Waals surface area contributed by atoms with Gasteiger partial charge < -0.3 is 5.32 Å². The van der Waals surface area contributed by atoms with Gasteiger partial charge in [-0.15, -0.1) is 0 Å². The molecule has 0 saturated carbocycles. The van der Waals surface area contributed by atoms with E-state index < -0.39 is 0 Å². The maximum atomic E-state index is 4.08. The molecule has 2 aromatic carbocycles. The SMILES string of the molecule is CC1C=C(c2ccc3cc(-c4ccncc4)ccc3c2)C=CN1. The van der Waals surface area contributed by atoms with E-state index in [1.165, 1.54) is 33.0 Å². The molecule has 4 rings (SSSR count). The monoisotopic (exact) mass is 298 g/mol. The Balaban J connectivity index is 1.75. The molecule has 0 bridgehead atoms. The zero-order valence-electron chi connectivity index (χ0n) is 13.0. The fourth-order valence-electron chi connectivity index (χ4n) is 3.00. The highest BCUT2D eigenvalue weighted by Crippen LogP contribution is 2.27. The molecular formula is C21H18N2. The van der Waals surface area contributed by atoms with E-state index in [1.54, 1.807) is 0 Å². The van der Waals surface area contributed by atoms with Gasteiger partial charge in [0.05, 0.1) is 0 Å². The average Bonchev–Trinajstić information content (AvgIpc) is 2.61. The Labute approximate surface area is 136 Å². The summed E-state index contributed by atoms with van der Waals surface area (Å²) >= 11 is 0. The van der Waals surface area contributed by atoms with E-state index in [2.05, 4.69) is 65.8 Å². The summed E-state index contributed by atoms with van der Waals surface area (Å²) in [5.41, 5.74) is 4.96. The highest BCUT2D eigenvalue weighted by Gasteiger charge is 2.07. The van der Waals surface area contributed by atoms with Gasteiger partial charge in [0.15, 0.2) is 0 Å². The van der Waals surface area contributed by atoms with Crippen LogP contribution in [0.4, 0.5) is 0 Å². The number of hydrogen-bond acceptors (Lipinski definition) is 2. The summed E-state index contributed by atoms with van der Waals surface area (Å²) < 4.78 is 0. The molecule has 1 atom stereocenters. The fraction of sp³-hybridized carbons (Fsp3) is 0.0952. The lowest BCUT2D eigenvalue weighted by Crippen LogP contribution is -2.20. The number of hydrogen-bond donors (Lipinski definition) is 1. The van der Waals surface area contributed by atoms with Gasteiger partial charge in [-0.2, -0.15) is 0 Å². The first-order chi connectivity index (χ1) is 11.3. The van der Waals surface area contributed by atoms with E-state index in [0.717, 1.165) is 0 Å². The van der Waals surface area contributed by atoms with E-state index >= 15 is 0 Å². The molecule has 2 nitrogen and oxygen atoms in total. The average molecular weight is 298 g/mol. The molecule has 23 heavy (non-hydrogen) atoms. The van der Waals surface area contributed by atoms with E-state index in [9.17, 15) is 0 Å². The largest absolute Gasteiger partial charge is 0.385 e. The molecule has 0 radical (unpaired) electrons. The van der Waals surface area contributed by atoms with E-state index in [-0.39, 0.29) is 0 Å². The maximum absolute atomic E-state index is 4.08. The second-order valence-corrected chi connectivity index (χ2v) is 5.92. The number of fused-ring (bicyclic) bond motifs is 1. The number of nitrogens with zero attached hydrogens (tertiary/aromatic N) is 1. The Morgan fingerprint density at radius 1 is 0.826 bits per heavy atom. The molecule has 112 valence electrons. The molecule has 1 N–H and O–H groups in total. The van der Waals surface area contributed by atoms with Crippen LogP contribution in [0.25, 0.3) is 27.5 Å². The van der Waals surface area contributed by atoms with Crippen molar-refractivity contribution in [1.29, 1.82) is 0 Å². The predicted octanol–water partition coefficient (Wildman–Crippen LogP) is 4.79. The van der Waals surface area contributed by atoms with Crippen molar-refractivity contribution < 1.29 is 0 Å². The smallest absolute Gasteiger partial charge is 0.0419 e. The minimum absolute atomic E-state index is 0.375. The topological polar surface area (TPSA) is 24.9 Å². The van der Waals surface area contributed by atoms with Crippen LogP contribution in [0.15, 0.2) is 79.3 Å². The molecule has 0 saturated heterocycles. The first kappa shape index (κ1) is 13.8. The third-order valence-corrected chi connectivity index (χ3v) is 4.24. The van der Waals surface area contributed by atoms with Crippen LogP contribution in [0.2, 0.25) is 0 Å². The van der Waals surface area contributed by atoms with Crippen molar-refractivity contribution in [3.05, 3.63) is 84.8 Å². The molecule has 3 aromatic rings. The Morgan fingerprint density at radius 3 is 2.26 bits per heavy atom. The zero-order chi connectivity index (χ0) is 15.6.